The summed E-state index contributed by atoms with van der Waals surface area (Å²) in [6.45, 7) is 2.99. The van der Waals surface area contributed by atoms with E-state index >= 15 is 4.39 Å². The summed E-state index contributed by atoms with van der Waals surface area (Å²) in [6, 6.07) is 16.8. The third-order valence-electron chi connectivity index (χ3n) is 8.34. The molecule has 0 atom stereocenters. The molecule has 0 bridgehead atoms. The molecule has 50 heavy (non-hydrogen) atoms. The van der Waals surface area contributed by atoms with Gasteiger partial charge in [-0.15, -0.1) is 0 Å². The van der Waals surface area contributed by atoms with E-state index in [0.717, 1.165) is 41.6 Å². The lowest BCUT2D eigenvalue weighted by molar-refractivity contribution is 0.0773. The molecule has 9 nitrogen and oxygen atoms in total. The minimum absolute atomic E-state index is 0.334. The first-order valence-corrected chi connectivity index (χ1v) is 18.1. The molecule has 3 N–H and O–H groups in total. The molecule has 7 rings (SSSR count). The Labute approximate surface area is 299 Å². The summed E-state index contributed by atoms with van der Waals surface area (Å²) in [5.74, 6) is 6.54. The van der Waals surface area contributed by atoms with Crippen molar-refractivity contribution in [3.63, 3.8) is 0 Å². The van der Waals surface area contributed by atoms with Crippen molar-refractivity contribution in [3.8, 4) is 23.0 Å². The maximum atomic E-state index is 15.1. The number of rotatable bonds is 8. The summed E-state index contributed by atoms with van der Waals surface area (Å²) >= 11 is 1.53. The number of hydrogen-bond acceptors (Lipinski definition) is 10. The monoisotopic (exact) mass is 695 g/mol. The number of aldehydes is 1. The molecule has 0 unspecified atom stereocenters. The van der Waals surface area contributed by atoms with Gasteiger partial charge in [-0.2, -0.15) is 4.98 Å². The van der Waals surface area contributed by atoms with Gasteiger partial charge in [0.2, 0.25) is 5.95 Å². The second-order valence-electron chi connectivity index (χ2n) is 12.2. The number of nitrogens with zero attached hydrogens (tertiary/aromatic N) is 4. The maximum absolute atomic E-state index is 15.1. The molecular weight excluding hydrogens is 650 g/mol. The Morgan fingerprint density at radius 3 is 2.22 bits per heavy atom. The lowest BCUT2D eigenvalue weighted by Crippen LogP contribution is -2.30. The number of ether oxygens (including phenoxy) is 1. The smallest absolute Gasteiger partial charge is 0.229 e. The summed E-state index contributed by atoms with van der Waals surface area (Å²) in [4.78, 5) is 24.9. The normalized spacial score (nSPS) is 15.6. The van der Waals surface area contributed by atoms with Crippen molar-refractivity contribution in [1.82, 2.24) is 24.6 Å². The SMILES string of the molecule is C1CCCCC1.CNC1CC1.CNc1nc(Nc2ccc(C#Cc3cc(C=O)ccn3)cc2)ncc1-c1ccc(SN2CCOCC2)cc1F. The second kappa shape index (κ2) is 19.7. The number of pyridine rings is 1. The molecular formula is C39H46FN7O2S. The number of halogens is 1. The minimum atomic E-state index is -0.334. The van der Waals surface area contributed by atoms with Crippen LogP contribution >= 0.6 is 11.9 Å². The summed E-state index contributed by atoms with van der Waals surface area (Å²) in [5, 5.41) is 9.35. The molecule has 4 aromatic rings. The molecule has 1 aliphatic heterocycles. The number of morpholine rings is 1. The minimum Gasteiger partial charge on any atom is -0.379 e. The summed E-state index contributed by atoms with van der Waals surface area (Å²) < 4.78 is 22.7. The quantitative estimate of drug-likeness (QED) is 0.0964. The largest absolute Gasteiger partial charge is 0.379 e. The summed E-state index contributed by atoms with van der Waals surface area (Å²) in [5.41, 5.74) is 3.61. The Balaban J connectivity index is 0.000000374. The molecule has 3 fully saturated rings. The highest BCUT2D eigenvalue weighted by molar-refractivity contribution is 7.97. The average molecular weight is 696 g/mol. The molecule has 2 saturated carbocycles. The molecule has 2 aromatic carbocycles. The fourth-order valence-electron chi connectivity index (χ4n) is 5.31. The maximum Gasteiger partial charge on any atom is 0.229 e. The van der Waals surface area contributed by atoms with E-state index in [1.165, 1.54) is 63.3 Å². The zero-order valence-electron chi connectivity index (χ0n) is 28.9. The third-order valence-corrected chi connectivity index (χ3v) is 9.43. The van der Waals surface area contributed by atoms with Crippen molar-refractivity contribution in [2.45, 2.75) is 62.3 Å². The third kappa shape index (κ3) is 11.9. The first-order chi connectivity index (χ1) is 24.5. The zero-order chi connectivity index (χ0) is 35.0. The number of benzene rings is 2. The van der Waals surface area contributed by atoms with Gasteiger partial charge in [0, 0.05) is 71.4 Å². The molecule has 0 spiro atoms. The standard InChI is InChI=1S/C29H25FN6O2S.C6H12.C4H9N/c1-31-28-26(25-9-8-24(17-27(25)30)39-36-12-14-38-15-13-36)18-33-29(35-28)34-22-5-2-20(3-6-22)4-7-23-16-21(19-37)10-11-32-23;1-2-4-6-5-3-1;1-5-4-2-3-4/h2-3,5-6,8-11,16-19H,12-15H2,1H3,(H2,31,33,34,35);1-6H2;4-5H,2-3H2,1H3. The van der Waals surface area contributed by atoms with Gasteiger partial charge in [0.15, 0.2) is 0 Å². The van der Waals surface area contributed by atoms with Crippen LogP contribution in [-0.2, 0) is 4.74 Å². The Bertz CT molecular complexity index is 1720. The van der Waals surface area contributed by atoms with E-state index in [-0.39, 0.29) is 5.82 Å². The lowest BCUT2D eigenvalue weighted by Gasteiger charge is -2.25. The highest BCUT2D eigenvalue weighted by Crippen LogP contribution is 2.33. The van der Waals surface area contributed by atoms with Gasteiger partial charge in [-0.05, 0) is 86.3 Å². The predicted molar refractivity (Wildman–Crippen MR) is 200 cm³/mol. The van der Waals surface area contributed by atoms with Crippen molar-refractivity contribution >= 4 is 35.7 Å². The molecule has 2 aliphatic carbocycles. The van der Waals surface area contributed by atoms with Crippen LogP contribution in [0.4, 0.5) is 21.8 Å². The van der Waals surface area contributed by atoms with E-state index in [0.29, 0.717) is 47.4 Å². The van der Waals surface area contributed by atoms with E-state index in [4.69, 9.17) is 4.74 Å². The van der Waals surface area contributed by atoms with Crippen LogP contribution in [0.15, 0.2) is 71.9 Å². The van der Waals surface area contributed by atoms with Gasteiger partial charge < -0.3 is 20.7 Å². The van der Waals surface area contributed by atoms with Crippen molar-refractivity contribution in [2.24, 2.45) is 0 Å². The Morgan fingerprint density at radius 1 is 0.900 bits per heavy atom. The summed E-state index contributed by atoms with van der Waals surface area (Å²) in [7, 11) is 3.75. The van der Waals surface area contributed by atoms with Gasteiger partial charge in [0.05, 0.1) is 13.2 Å². The van der Waals surface area contributed by atoms with Gasteiger partial charge >= 0.3 is 0 Å². The second-order valence-corrected chi connectivity index (χ2v) is 13.4. The molecule has 1 saturated heterocycles. The van der Waals surface area contributed by atoms with E-state index < -0.39 is 0 Å². The molecule has 0 amide bonds. The van der Waals surface area contributed by atoms with Crippen LogP contribution in [0.5, 0.6) is 0 Å². The van der Waals surface area contributed by atoms with Gasteiger partial charge in [0.25, 0.3) is 0 Å². The van der Waals surface area contributed by atoms with Crippen LogP contribution in [0.3, 0.4) is 0 Å². The van der Waals surface area contributed by atoms with Gasteiger partial charge in [-0.1, -0.05) is 50.5 Å². The van der Waals surface area contributed by atoms with Crippen LogP contribution in [0, 0.1) is 17.7 Å². The Hall–Kier alpha value is -4.34. The molecule has 3 aliphatic rings. The molecule has 2 aromatic heterocycles. The fourth-order valence-corrected chi connectivity index (χ4v) is 6.23. The fraction of sp³-hybridized carbons (Fsp3) is 0.385. The van der Waals surface area contributed by atoms with Crippen LogP contribution in [-0.4, -0.2) is 72.0 Å². The zero-order valence-corrected chi connectivity index (χ0v) is 29.7. The van der Waals surface area contributed by atoms with E-state index in [9.17, 15) is 4.79 Å². The number of carbonyl (C=O) groups is 1. The van der Waals surface area contributed by atoms with Crippen LogP contribution < -0.4 is 16.0 Å². The Morgan fingerprint density at radius 2 is 1.62 bits per heavy atom. The Kier molecular flexibility index (Phi) is 14.6. The topological polar surface area (TPSA) is 104 Å². The molecule has 262 valence electrons. The molecule has 3 heterocycles. The molecule has 0 radical (unpaired) electrons. The van der Waals surface area contributed by atoms with E-state index in [1.807, 2.05) is 37.4 Å². The first-order valence-electron chi connectivity index (χ1n) is 17.4. The summed E-state index contributed by atoms with van der Waals surface area (Å²) in [6.07, 6.45) is 15.7. The van der Waals surface area contributed by atoms with Crippen LogP contribution in [0.1, 0.15) is 73.0 Å². The number of aromatic nitrogens is 3. The van der Waals surface area contributed by atoms with Gasteiger partial charge in [-0.3, -0.25) is 4.79 Å². The van der Waals surface area contributed by atoms with Crippen molar-refractivity contribution in [2.75, 3.05) is 51.0 Å². The van der Waals surface area contributed by atoms with E-state index in [2.05, 4.69) is 47.0 Å². The first kappa shape index (κ1) is 36.9. The number of hydrogen-bond donors (Lipinski definition) is 3. The number of carbonyl (C=O) groups excluding carboxylic acids is 1. The van der Waals surface area contributed by atoms with Crippen molar-refractivity contribution < 1.29 is 13.9 Å². The van der Waals surface area contributed by atoms with Crippen LogP contribution in [0.25, 0.3) is 11.1 Å². The highest BCUT2D eigenvalue weighted by Gasteiger charge is 2.17. The lowest BCUT2D eigenvalue weighted by atomic mass is 10.0. The van der Waals surface area contributed by atoms with Crippen LogP contribution in [0.2, 0.25) is 0 Å². The number of anilines is 3. The highest BCUT2D eigenvalue weighted by atomic mass is 32.2. The van der Waals surface area contributed by atoms with Crippen molar-refractivity contribution in [1.29, 1.82) is 0 Å². The van der Waals surface area contributed by atoms with E-state index in [1.54, 1.807) is 43.7 Å². The molecule has 11 heteroatoms. The van der Waals surface area contributed by atoms with Crippen molar-refractivity contribution in [3.05, 3.63) is 89.6 Å². The average Bonchev–Trinajstić information content (AvgIpc) is 4.02. The van der Waals surface area contributed by atoms with Gasteiger partial charge in [0.1, 0.15) is 23.6 Å². The number of nitrogens with one attached hydrogen (secondary N) is 3. The van der Waals surface area contributed by atoms with Gasteiger partial charge in [-0.25, -0.2) is 18.7 Å². The predicted octanol–water partition coefficient (Wildman–Crippen LogP) is 7.72.